The van der Waals surface area contributed by atoms with Crippen LogP contribution in [0.4, 0.5) is 4.39 Å². The average molecular weight is 335 g/mol. The largest absolute Gasteiger partial charge is 0.494 e. The van der Waals surface area contributed by atoms with E-state index in [4.69, 9.17) is 4.74 Å². The second kappa shape index (κ2) is 6.79. The van der Waals surface area contributed by atoms with E-state index in [1.54, 1.807) is 12.1 Å². The van der Waals surface area contributed by atoms with Crippen molar-refractivity contribution in [2.45, 2.75) is 38.1 Å². The number of hydrogen-bond donors (Lipinski definition) is 1. The number of carbonyl (C=O) groups excluding carboxylic acids is 1. The Kier molecular flexibility index (Phi) is 4.73. The number of hydrogen-bond acceptors (Lipinski definition) is 3. The fourth-order valence-electron chi connectivity index (χ4n) is 4.17. The molecule has 0 spiro atoms. The molecule has 6 heteroatoms. The number of methoxy groups -OCH3 is 1. The number of halogens is 1. The first kappa shape index (κ1) is 16.7. The highest BCUT2D eigenvalue weighted by Gasteiger charge is 2.49. The summed E-state index contributed by atoms with van der Waals surface area (Å²) < 4.78 is 19.1. The van der Waals surface area contributed by atoms with Crippen LogP contribution in [0.2, 0.25) is 0 Å². The normalized spacial score (nSPS) is 25.6. The van der Waals surface area contributed by atoms with Gasteiger partial charge in [0.05, 0.1) is 7.11 Å². The molecule has 0 unspecified atom stereocenters. The molecular weight excluding hydrogens is 313 g/mol. The van der Waals surface area contributed by atoms with Crippen molar-refractivity contribution in [1.29, 1.82) is 0 Å². The van der Waals surface area contributed by atoms with Gasteiger partial charge in [-0.25, -0.2) is 9.18 Å². The number of aryl methyl sites for hydroxylation is 1. The van der Waals surface area contributed by atoms with Gasteiger partial charge >= 0.3 is 5.97 Å². The molecule has 3 rings (SSSR count). The second-order valence-electron chi connectivity index (χ2n) is 6.62. The van der Waals surface area contributed by atoms with E-state index >= 15 is 0 Å². The number of aliphatic carboxylic acids is 1. The number of rotatable bonds is 5. The van der Waals surface area contributed by atoms with Crippen molar-refractivity contribution in [3.63, 3.8) is 0 Å². The van der Waals surface area contributed by atoms with Gasteiger partial charge in [-0.15, -0.1) is 0 Å². The van der Waals surface area contributed by atoms with Crippen molar-refractivity contribution in [3.8, 4) is 5.75 Å². The molecule has 2 aliphatic rings. The summed E-state index contributed by atoms with van der Waals surface area (Å²) in [6.07, 6.45) is 3.24. The molecule has 1 amide bonds. The minimum absolute atomic E-state index is 0.0694. The molecule has 1 heterocycles. The minimum atomic E-state index is -0.926. The maximum absolute atomic E-state index is 14.1. The van der Waals surface area contributed by atoms with Crippen LogP contribution in [0, 0.1) is 17.7 Å². The third kappa shape index (κ3) is 2.97. The molecule has 1 aliphatic heterocycles. The molecule has 0 bridgehead atoms. The SMILES string of the molecule is COc1cccc(CCC(=O)N2C[C@@H]3CCC[C@@H]3[C@H]2C(=O)O)c1F. The summed E-state index contributed by atoms with van der Waals surface area (Å²) >= 11 is 0. The number of nitrogens with zero attached hydrogens (tertiary/aromatic N) is 1. The predicted octanol–water partition coefficient (Wildman–Crippen LogP) is 2.48. The Morgan fingerprint density at radius 2 is 2.17 bits per heavy atom. The first-order valence-electron chi connectivity index (χ1n) is 8.36. The lowest BCUT2D eigenvalue weighted by Crippen LogP contribution is -2.43. The number of fused-ring (bicyclic) bond motifs is 1. The van der Waals surface area contributed by atoms with Crippen LogP contribution in [0.3, 0.4) is 0 Å². The third-order valence-corrected chi connectivity index (χ3v) is 5.34. The zero-order valence-electron chi connectivity index (χ0n) is 13.7. The summed E-state index contributed by atoms with van der Waals surface area (Å²) in [4.78, 5) is 25.6. The molecule has 130 valence electrons. The number of carboxylic acid groups (broad SMARTS) is 1. The molecular formula is C18H22FNO4. The molecule has 0 radical (unpaired) electrons. The standard InChI is InChI=1S/C18H22FNO4/c1-24-14-7-3-4-11(16(14)19)8-9-15(21)20-10-12-5-2-6-13(12)17(20)18(22)23/h3-4,7,12-13,17H,2,5-6,8-10H2,1H3,(H,22,23)/t12-,13-,17-/m0/s1. The van der Waals surface area contributed by atoms with Crippen LogP contribution >= 0.6 is 0 Å². The van der Waals surface area contributed by atoms with Crippen molar-refractivity contribution >= 4 is 11.9 Å². The van der Waals surface area contributed by atoms with Crippen molar-refractivity contribution in [2.75, 3.05) is 13.7 Å². The smallest absolute Gasteiger partial charge is 0.326 e. The van der Waals surface area contributed by atoms with Gasteiger partial charge in [-0.2, -0.15) is 0 Å². The quantitative estimate of drug-likeness (QED) is 0.898. The zero-order chi connectivity index (χ0) is 17.3. The van der Waals surface area contributed by atoms with E-state index < -0.39 is 17.8 Å². The van der Waals surface area contributed by atoms with E-state index in [0.717, 1.165) is 19.3 Å². The summed E-state index contributed by atoms with van der Waals surface area (Å²) in [5.74, 6) is -1.08. The average Bonchev–Trinajstić information content (AvgIpc) is 3.13. The number of amides is 1. The number of carboxylic acids is 1. The van der Waals surface area contributed by atoms with E-state index in [9.17, 15) is 19.1 Å². The molecule has 0 aromatic heterocycles. The molecule has 1 aromatic carbocycles. The molecule has 24 heavy (non-hydrogen) atoms. The van der Waals surface area contributed by atoms with E-state index in [1.165, 1.54) is 18.1 Å². The fourth-order valence-corrected chi connectivity index (χ4v) is 4.17. The molecule has 1 saturated carbocycles. The number of carbonyl (C=O) groups is 2. The Balaban J connectivity index is 1.68. The summed E-state index contributed by atoms with van der Waals surface area (Å²) in [5, 5.41) is 9.51. The summed E-state index contributed by atoms with van der Waals surface area (Å²) in [7, 11) is 1.40. The summed E-state index contributed by atoms with van der Waals surface area (Å²) in [5.41, 5.74) is 0.411. The van der Waals surface area contributed by atoms with Gasteiger partial charge < -0.3 is 14.7 Å². The van der Waals surface area contributed by atoms with Crippen LogP contribution in [-0.4, -0.2) is 41.6 Å². The van der Waals surface area contributed by atoms with Gasteiger partial charge in [-0.3, -0.25) is 4.79 Å². The highest BCUT2D eigenvalue weighted by atomic mass is 19.1. The number of ether oxygens (including phenoxy) is 1. The second-order valence-corrected chi connectivity index (χ2v) is 6.62. The summed E-state index contributed by atoms with van der Waals surface area (Å²) in [6, 6.07) is 4.11. The first-order valence-corrected chi connectivity index (χ1v) is 8.36. The Morgan fingerprint density at radius 3 is 2.88 bits per heavy atom. The van der Waals surface area contributed by atoms with Gasteiger partial charge in [0.2, 0.25) is 5.91 Å². The maximum atomic E-state index is 14.1. The fraction of sp³-hybridized carbons (Fsp3) is 0.556. The molecule has 1 aliphatic carbocycles. The highest BCUT2D eigenvalue weighted by molar-refractivity contribution is 5.85. The monoisotopic (exact) mass is 335 g/mol. The van der Waals surface area contributed by atoms with Crippen LogP contribution in [-0.2, 0) is 16.0 Å². The van der Waals surface area contributed by atoms with Crippen molar-refractivity contribution in [1.82, 2.24) is 4.90 Å². The maximum Gasteiger partial charge on any atom is 0.326 e. The number of benzene rings is 1. The van der Waals surface area contributed by atoms with E-state index in [0.29, 0.717) is 18.0 Å². The minimum Gasteiger partial charge on any atom is -0.494 e. The molecule has 2 fully saturated rings. The predicted molar refractivity (Wildman–Crippen MR) is 85.2 cm³/mol. The molecule has 1 saturated heterocycles. The zero-order valence-corrected chi connectivity index (χ0v) is 13.7. The lowest BCUT2D eigenvalue weighted by molar-refractivity contribution is -0.149. The van der Waals surface area contributed by atoms with Crippen LogP contribution in [0.1, 0.15) is 31.2 Å². The third-order valence-electron chi connectivity index (χ3n) is 5.34. The van der Waals surface area contributed by atoms with Crippen LogP contribution in [0.5, 0.6) is 5.75 Å². The highest BCUT2D eigenvalue weighted by Crippen LogP contribution is 2.42. The van der Waals surface area contributed by atoms with E-state index in [1.807, 2.05) is 0 Å². The van der Waals surface area contributed by atoms with Gasteiger partial charge in [0, 0.05) is 13.0 Å². The Labute approximate surface area is 140 Å². The van der Waals surface area contributed by atoms with Crippen molar-refractivity contribution in [2.24, 2.45) is 11.8 Å². The molecule has 5 nitrogen and oxygen atoms in total. The Bertz CT molecular complexity index is 648. The van der Waals surface area contributed by atoms with Gasteiger partial charge in [0.15, 0.2) is 11.6 Å². The van der Waals surface area contributed by atoms with E-state index in [-0.39, 0.29) is 30.4 Å². The van der Waals surface area contributed by atoms with Gasteiger partial charge in [-0.1, -0.05) is 18.6 Å². The molecule has 3 atom stereocenters. The van der Waals surface area contributed by atoms with Crippen LogP contribution < -0.4 is 4.74 Å². The number of likely N-dealkylation sites (tertiary alicyclic amines) is 1. The van der Waals surface area contributed by atoms with Crippen LogP contribution in [0.25, 0.3) is 0 Å². The van der Waals surface area contributed by atoms with Crippen molar-refractivity contribution in [3.05, 3.63) is 29.6 Å². The molecule has 1 aromatic rings. The van der Waals surface area contributed by atoms with E-state index in [2.05, 4.69) is 0 Å². The molecule has 1 N–H and O–H groups in total. The first-order chi connectivity index (χ1) is 11.5. The Hall–Kier alpha value is -2.11. The lowest BCUT2D eigenvalue weighted by atomic mass is 9.94. The van der Waals surface area contributed by atoms with Gasteiger partial charge in [0.25, 0.3) is 0 Å². The Morgan fingerprint density at radius 1 is 1.38 bits per heavy atom. The summed E-state index contributed by atoms with van der Waals surface area (Å²) in [6.45, 7) is 0.515. The topological polar surface area (TPSA) is 66.8 Å². The van der Waals surface area contributed by atoms with Crippen molar-refractivity contribution < 1.29 is 23.8 Å². The lowest BCUT2D eigenvalue weighted by Gasteiger charge is -2.24. The van der Waals surface area contributed by atoms with Gasteiger partial charge in [0.1, 0.15) is 6.04 Å². The van der Waals surface area contributed by atoms with Gasteiger partial charge in [-0.05, 0) is 42.7 Å². The van der Waals surface area contributed by atoms with Crippen LogP contribution in [0.15, 0.2) is 18.2 Å².